The van der Waals surface area contributed by atoms with Gasteiger partial charge in [-0.1, -0.05) is 6.07 Å². The molecular weight excluding hydrogens is 244 g/mol. The minimum Gasteiger partial charge on any atom is -0.496 e. The lowest BCUT2D eigenvalue weighted by molar-refractivity contribution is 0.0562. The number of carbonyl (C=O) groups is 1. The van der Waals surface area contributed by atoms with Gasteiger partial charge in [0.1, 0.15) is 5.75 Å². The van der Waals surface area contributed by atoms with Crippen LogP contribution in [0.1, 0.15) is 22.3 Å². The first kappa shape index (κ1) is 13.8. The van der Waals surface area contributed by atoms with Crippen LogP contribution in [0, 0.1) is 6.92 Å². The van der Waals surface area contributed by atoms with Gasteiger partial charge in [0.15, 0.2) is 0 Å². The summed E-state index contributed by atoms with van der Waals surface area (Å²) in [7, 11) is 1.58. The molecule has 0 radical (unpaired) electrons. The SMILES string of the molecule is COc1cc(C(=O)NCC2(O)CCNC2)ccc1C. The van der Waals surface area contributed by atoms with Gasteiger partial charge in [0.05, 0.1) is 12.7 Å². The van der Waals surface area contributed by atoms with E-state index < -0.39 is 5.60 Å². The van der Waals surface area contributed by atoms with Gasteiger partial charge in [0.25, 0.3) is 5.91 Å². The van der Waals surface area contributed by atoms with E-state index in [2.05, 4.69) is 10.6 Å². The second-order valence-corrected chi connectivity index (χ2v) is 5.02. The lowest BCUT2D eigenvalue weighted by Gasteiger charge is -2.21. The molecule has 0 bridgehead atoms. The summed E-state index contributed by atoms with van der Waals surface area (Å²) >= 11 is 0. The summed E-state index contributed by atoms with van der Waals surface area (Å²) in [5, 5.41) is 16.0. The maximum Gasteiger partial charge on any atom is 0.251 e. The fourth-order valence-corrected chi connectivity index (χ4v) is 2.19. The van der Waals surface area contributed by atoms with Gasteiger partial charge in [-0.2, -0.15) is 0 Å². The molecule has 3 N–H and O–H groups in total. The van der Waals surface area contributed by atoms with Gasteiger partial charge in [-0.15, -0.1) is 0 Å². The summed E-state index contributed by atoms with van der Waals surface area (Å²) in [6.07, 6.45) is 0.657. The van der Waals surface area contributed by atoms with E-state index >= 15 is 0 Å². The van der Waals surface area contributed by atoms with Crippen LogP contribution in [-0.4, -0.2) is 43.4 Å². The first-order valence-corrected chi connectivity index (χ1v) is 6.40. The van der Waals surface area contributed by atoms with Crippen molar-refractivity contribution in [1.29, 1.82) is 0 Å². The molecular formula is C14H20N2O3. The summed E-state index contributed by atoms with van der Waals surface area (Å²) in [6, 6.07) is 5.31. The third kappa shape index (κ3) is 3.24. The van der Waals surface area contributed by atoms with Crippen molar-refractivity contribution in [3.8, 4) is 5.75 Å². The molecule has 1 aliphatic heterocycles. The first-order chi connectivity index (χ1) is 9.04. The third-order valence-electron chi connectivity index (χ3n) is 3.47. The zero-order chi connectivity index (χ0) is 13.9. The summed E-state index contributed by atoms with van der Waals surface area (Å²) in [5.41, 5.74) is 0.694. The molecule has 5 heteroatoms. The van der Waals surface area contributed by atoms with E-state index in [9.17, 15) is 9.90 Å². The molecule has 0 spiro atoms. The number of aliphatic hydroxyl groups is 1. The Bertz CT molecular complexity index is 468. The highest BCUT2D eigenvalue weighted by molar-refractivity contribution is 5.94. The Morgan fingerprint density at radius 1 is 1.58 bits per heavy atom. The van der Waals surface area contributed by atoms with Crippen molar-refractivity contribution >= 4 is 5.91 Å². The molecule has 1 heterocycles. The smallest absolute Gasteiger partial charge is 0.251 e. The van der Waals surface area contributed by atoms with Crippen molar-refractivity contribution in [2.24, 2.45) is 0 Å². The number of aryl methyl sites for hydroxylation is 1. The van der Waals surface area contributed by atoms with Crippen LogP contribution in [0.25, 0.3) is 0 Å². The van der Waals surface area contributed by atoms with Crippen LogP contribution in [0.3, 0.4) is 0 Å². The van der Waals surface area contributed by atoms with Crippen molar-refractivity contribution in [3.63, 3.8) is 0 Å². The van der Waals surface area contributed by atoms with Crippen LogP contribution in [0.5, 0.6) is 5.75 Å². The Labute approximate surface area is 113 Å². The largest absolute Gasteiger partial charge is 0.496 e. The Hall–Kier alpha value is -1.59. The molecule has 0 saturated carbocycles. The topological polar surface area (TPSA) is 70.6 Å². The van der Waals surface area contributed by atoms with Gasteiger partial charge in [-0.05, 0) is 37.6 Å². The van der Waals surface area contributed by atoms with Crippen LogP contribution >= 0.6 is 0 Å². The second-order valence-electron chi connectivity index (χ2n) is 5.02. The zero-order valence-electron chi connectivity index (χ0n) is 11.3. The lowest BCUT2D eigenvalue weighted by Crippen LogP contribution is -2.44. The van der Waals surface area contributed by atoms with E-state index in [1.165, 1.54) is 0 Å². The van der Waals surface area contributed by atoms with Crippen LogP contribution < -0.4 is 15.4 Å². The van der Waals surface area contributed by atoms with E-state index in [0.717, 1.165) is 12.1 Å². The van der Waals surface area contributed by atoms with Crippen LogP contribution in [0.4, 0.5) is 0 Å². The predicted octanol–water partition coefficient (Wildman–Crippen LogP) is 0.458. The van der Waals surface area contributed by atoms with E-state index in [4.69, 9.17) is 4.74 Å². The minimum absolute atomic E-state index is 0.196. The fraction of sp³-hybridized carbons (Fsp3) is 0.500. The van der Waals surface area contributed by atoms with Gasteiger partial charge in [0, 0.05) is 18.7 Å². The molecule has 104 valence electrons. The minimum atomic E-state index is -0.829. The number of hydrogen-bond acceptors (Lipinski definition) is 4. The Morgan fingerprint density at radius 2 is 2.37 bits per heavy atom. The number of methoxy groups -OCH3 is 1. The molecule has 0 aromatic heterocycles. The van der Waals surface area contributed by atoms with E-state index in [1.807, 2.05) is 13.0 Å². The highest BCUT2D eigenvalue weighted by atomic mass is 16.5. The van der Waals surface area contributed by atoms with Gasteiger partial charge >= 0.3 is 0 Å². The quantitative estimate of drug-likeness (QED) is 0.739. The number of carbonyl (C=O) groups excluding carboxylic acids is 1. The Morgan fingerprint density at radius 3 is 3.00 bits per heavy atom. The molecule has 2 rings (SSSR count). The molecule has 1 aliphatic rings. The normalized spacial score (nSPS) is 22.3. The second kappa shape index (κ2) is 5.59. The molecule has 1 atom stereocenters. The number of nitrogens with one attached hydrogen (secondary N) is 2. The number of benzene rings is 1. The first-order valence-electron chi connectivity index (χ1n) is 6.40. The zero-order valence-corrected chi connectivity index (χ0v) is 11.3. The monoisotopic (exact) mass is 264 g/mol. The fourth-order valence-electron chi connectivity index (χ4n) is 2.19. The summed E-state index contributed by atoms with van der Waals surface area (Å²) < 4.78 is 5.19. The van der Waals surface area contributed by atoms with Crippen molar-refractivity contribution in [3.05, 3.63) is 29.3 Å². The molecule has 0 aliphatic carbocycles. The average molecular weight is 264 g/mol. The van der Waals surface area contributed by atoms with E-state index in [0.29, 0.717) is 24.3 Å². The van der Waals surface area contributed by atoms with Crippen LogP contribution in [-0.2, 0) is 0 Å². The maximum absolute atomic E-state index is 12.0. The lowest BCUT2D eigenvalue weighted by atomic mass is 10.0. The standard InChI is InChI=1S/C14H20N2O3/c1-10-3-4-11(7-12(10)19-2)13(17)16-9-14(18)5-6-15-8-14/h3-4,7,15,18H,5-6,8-9H2,1-2H3,(H,16,17). The van der Waals surface area contributed by atoms with Crippen molar-refractivity contribution in [2.75, 3.05) is 26.7 Å². The van der Waals surface area contributed by atoms with Gasteiger partial charge in [-0.25, -0.2) is 0 Å². The van der Waals surface area contributed by atoms with Crippen molar-refractivity contribution < 1.29 is 14.6 Å². The summed E-state index contributed by atoms with van der Waals surface area (Å²) in [5.74, 6) is 0.493. The molecule has 1 amide bonds. The Balaban J connectivity index is 1.99. The van der Waals surface area contributed by atoms with Crippen LogP contribution in [0.2, 0.25) is 0 Å². The van der Waals surface area contributed by atoms with Gasteiger partial charge in [0.2, 0.25) is 0 Å². The van der Waals surface area contributed by atoms with Gasteiger partial charge in [-0.3, -0.25) is 4.79 Å². The predicted molar refractivity (Wildman–Crippen MR) is 72.5 cm³/mol. The molecule has 1 aromatic carbocycles. The third-order valence-corrected chi connectivity index (χ3v) is 3.47. The summed E-state index contributed by atoms with van der Waals surface area (Å²) in [4.78, 5) is 12.0. The van der Waals surface area contributed by atoms with Gasteiger partial charge < -0.3 is 20.5 Å². The number of hydrogen-bond donors (Lipinski definition) is 3. The number of rotatable bonds is 4. The maximum atomic E-state index is 12.0. The summed E-state index contributed by atoms with van der Waals surface area (Å²) in [6.45, 7) is 3.48. The number of amides is 1. The van der Waals surface area contributed by atoms with E-state index in [-0.39, 0.29) is 12.5 Å². The highest BCUT2D eigenvalue weighted by Gasteiger charge is 2.31. The Kier molecular flexibility index (Phi) is 4.07. The molecule has 19 heavy (non-hydrogen) atoms. The molecule has 1 fully saturated rings. The molecule has 1 aromatic rings. The van der Waals surface area contributed by atoms with E-state index in [1.54, 1.807) is 19.2 Å². The van der Waals surface area contributed by atoms with Crippen LogP contribution in [0.15, 0.2) is 18.2 Å². The van der Waals surface area contributed by atoms with Crippen molar-refractivity contribution in [2.45, 2.75) is 18.9 Å². The number of ether oxygens (including phenoxy) is 1. The average Bonchev–Trinajstić information content (AvgIpc) is 2.84. The number of β-amino-alcohol motifs (C(OH)–C–C–N with tert-alkyl or cyclic N) is 1. The molecule has 1 unspecified atom stereocenters. The van der Waals surface area contributed by atoms with Crippen molar-refractivity contribution in [1.82, 2.24) is 10.6 Å². The highest BCUT2D eigenvalue weighted by Crippen LogP contribution is 2.19. The molecule has 1 saturated heterocycles. The molecule has 5 nitrogen and oxygen atoms in total.